The number of urea groups is 1. The minimum absolute atomic E-state index is 0.347. The van der Waals surface area contributed by atoms with Gasteiger partial charge in [-0.1, -0.05) is 12.1 Å². The lowest BCUT2D eigenvalue weighted by Crippen LogP contribution is -2.43. The number of primary amides is 1. The molecule has 5 nitrogen and oxygen atoms in total. The first-order valence-corrected chi connectivity index (χ1v) is 5.33. The van der Waals surface area contributed by atoms with Gasteiger partial charge in [0.15, 0.2) is 0 Å². The van der Waals surface area contributed by atoms with Gasteiger partial charge in [0.25, 0.3) is 0 Å². The van der Waals surface area contributed by atoms with Crippen LogP contribution in [-0.4, -0.2) is 42.9 Å². The number of hydrogen-bond acceptors (Lipinski definition) is 2. The maximum Gasteiger partial charge on any atom is 0.320 e. The van der Waals surface area contributed by atoms with Crippen molar-refractivity contribution in [1.29, 1.82) is 0 Å². The summed E-state index contributed by atoms with van der Waals surface area (Å²) in [5, 5.41) is 0. The first-order valence-electron chi connectivity index (χ1n) is 5.33. The molecule has 0 saturated heterocycles. The second kappa shape index (κ2) is 5.48. The van der Waals surface area contributed by atoms with Crippen LogP contribution in [0.25, 0.3) is 0 Å². The lowest BCUT2D eigenvalue weighted by Gasteiger charge is -2.28. The molecule has 0 aliphatic heterocycles. The lowest BCUT2D eigenvalue weighted by molar-refractivity contribution is -0.122. The largest absolute Gasteiger partial charge is 0.368 e. The van der Waals surface area contributed by atoms with E-state index in [1.165, 1.54) is 35.0 Å². The minimum Gasteiger partial charge on any atom is -0.368 e. The molecule has 1 aromatic carbocycles. The Bertz CT molecular complexity index is 462. The predicted molar refractivity (Wildman–Crippen MR) is 65.2 cm³/mol. The zero-order valence-corrected chi connectivity index (χ0v) is 10.6. The summed E-state index contributed by atoms with van der Waals surface area (Å²) in [5.74, 6) is -1.19. The monoisotopic (exact) mass is 253 g/mol. The quantitative estimate of drug-likeness (QED) is 0.872. The van der Waals surface area contributed by atoms with Gasteiger partial charge in [0.2, 0.25) is 5.91 Å². The van der Waals surface area contributed by atoms with Crippen molar-refractivity contribution in [3.05, 3.63) is 35.6 Å². The summed E-state index contributed by atoms with van der Waals surface area (Å²) in [6, 6.07) is 4.09. The van der Waals surface area contributed by atoms with Crippen molar-refractivity contribution >= 4 is 11.9 Å². The van der Waals surface area contributed by atoms with Crippen LogP contribution in [0.3, 0.4) is 0 Å². The van der Waals surface area contributed by atoms with E-state index in [2.05, 4.69) is 0 Å². The summed E-state index contributed by atoms with van der Waals surface area (Å²) in [6.07, 6.45) is 0. The molecule has 1 atom stereocenters. The maximum absolute atomic E-state index is 13.1. The van der Waals surface area contributed by atoms with Crippen molar-refractivity contribution in [2.24, 2.45) is 5.73 Å². The number of likely N-dealkylation sites (N-methyl/N-ethyl adjacent to an activating group) is 1. The van der Waals surface area contributed by atoms with Gasteiger partial charge in [-0.25, -0.2) is 9.18 Å². The summed E-state index contributed by atoms with van der Waals surface area (Å²) in [5.41, 5.74) is 5.63. The Morgan fingerprint density at radius 1 is 1.28 bits per heavy atom. The topological polar surface area (TPSA) is 66.6 Å². The number of rotatable bonds is 3. The highest BCUT2D eigenvalue weighted by Gasteiger charge is 2.27. The van der Waals surface area contributed by atoms with Crippen LogP contribution in [0, 0.1) is 5.82 Å². The van der Waals surface area contributed by atoms with Gasteiger partial charge in [0.05, 0.1) is 0 Å². The molecule has 98 valence electrons. The highest BCUT2D eigenvalue weighted by molar-refractivity contribution is 5.86. The predicted octanol–water partition coefficient (Wildman–Crippen LogP) is 0.965. The average molecular weight is 253 g/mol. The van der Waals surface area contributed by atoms with Crippen molar-refractivity contribution in [2.75, 3.05) is 21.1 Å². The van der Waals surface area contributed by atoms with Crippen LogP contribution in [0.4, 0.5) is 9.18 Å². The molecule has 1 aromatic rings. The average Bonchev–Trinajstić information content (AvgIpc) is 2.27. The zero-order valence-electron chi connectivity index (χ0n) is 10.6. The van der Waals surface area contributed by atoms with E-state index in [-0.39, 0.29) is 6.03 Å². The molecule has 0 aliphatic carbocycles. The number of benzene rings is 1. The number of hydrogen-bond donors (Lipinski definition) is 1. The van der Waals surface area contributed by atoms with Crippen LogP contribution in [0.5, 0.6) is 0 Å². The molecule has 0 spiro atoms. The molecule has 2 N–H and O–H groups in total. The van der Waals surface area contributed by atoms with Crippen molar-refractivity contribution in [1.82, 2.24) is 9.80 Å². The van der Waals surface area contributed by atoms with Crippen LogP contribution >= 0.6 is 0 Å². The normalized spacial score (nSPS) is 11.8. The summed E-state index contributed by atoms with van der Waals surface area (Å²) in [6.45, 7) is 0. The molecule has 6 heteroatoms. The molecule has 0 heterocycles. The Morgan fingerprint density at radius 2 is 1.89 bits per heavy atom. The molecule has 3 amide bonds. The van der Waals surface area contributed by atoms with E-state index < -0.39 is 17.8 Å². The van der Waals surface area contributed by atoms with Crippen LogP contribution < -0.4 is 5.73 Å². The van der Waals surface area contributed by atoms with Gasteiger partial charge in [0, 0.05) is 21.1 Å². The Balaban J connectivity index is 3.11. The fourth-order valence-electron chi connectivity index (χ4n) is 1.68. The number of amides is 3. The first-order chi connectivity index (χ1) is 8.34. The van der Waals surface area contributed by atoms with Crippen LogP contribution in [0.1, 0.15) is 11.6 Å². The first kappa shape index (κ1) is 14.0. The second-order valence-electron chi connectivity index (χ2n) is 4.15. The number of nitrogens with two attached hydrogens (primary N) is 1. The number of nitrogens with zero attached hydrogens (tertiary/aromatic N) is 2. The molecule has 0 aliphatic rings. The molecule has 18 heavy (non-hydrogen) atoms. The van der Waals surface area contributed by atoms with E-state index in [1.54, 1.807) is 20.2 Å². The third-order valence-electron chi connectivity index (χ3n) is 2.51. The third-order valence-corrected chi connectivity index (χ3v) is 2.51. The molecule has 0 radical (unpaired) electrons. The summed E-state index contributed by atoms with van der Waals surface area (Å²) in [7, 11) is 4.56. The van der Waals surface area contributed by atoms with E-state index in [9.17, 15) is 14.0 Å². The molecule has 1 rings (SSSR count). The van der Waals surface area contributed by atoms with Crippen LogP contribution in [0.15, 0.2) is 24.3 Å². The van der Waals surface area contributed by atoms with Crippen LogP contribution in [0.2, 0.25) is 0 Å². The fraction of sp³-hybridized carbons (Fsp3) is 0.333. The van der Waals surface area contributed by atoms with E-state index in [1.807, 2.05) is 0 Å². The minimum atomic E-state index is -0.990. The molecule has 0 aromatic heterocycles. The van der Waals surface area contributed by atoms with Gasteiger partial charge in [0.1, 0.15) is 11.9 Å². The Kier molecular flexibility index (Phi) is 4.25. The summed E-state index contributed by atoms with van der Waals surface area (Å²) in [4.78, 5) is 25.8. The van der Waals surface area contributed by atoms with Gasteiger partial charge in [-0.05, 0) is 17.7 Å². The number of halogens is 1. The molecule has 0 saturated carbocycles. The van der Waals surface area contributed by atoms with Crippen molar-refractivity contribution < 1.29 is 14.0 Å². The smallest absolute Gasteiger partial charge is 0.320 e. The van der Waals surface area contributed by atoms with E-state index in [0.29, 0.717) is 5.56 Å². The van der Waals surface area contributed by atoms with Gasteiger partial charge in [-0.15, -0.1) is 0 Å². The molecular weight excluding hydrogens is 237 g/mol. The number of carbonyl (C=O) groups excluding carboxylic acids is 2. The summed E-state index contributed by atoms with van der Waals surface area (Å²) >= 11 is 0. The maximum atomic E-state index is 13.1. The SMILES string of the molecule is CN(C)C(=O)N(C)[C@@H](C(N)=O)c1cccc(F)c1. The molecule has 0 fully saturated rings. The number of carbonyl (C=O) groups is 2. The highest BCUT2D eigenvalue weighted by Crippen LogP contribution is 2.20. The van der Waals surface area contributed by atoms with Crippen molar-refractivity contribution in [3.63, 3.8) is 0 Å². The van der Waals surface area contributed by atoms with Gasteiger partial charge >= 0.3 is 6.03 Å². The standard InChI is InChI=1S/C12H16FN3O2/c1-15(2)12(18)16(3)10(11(14)17)8-5-4-6-9(13)7-8/h4-7,10H,1-3H3,(H2,14,17)/t10-/m1/s1. The van der Waals surface area contributed by atoms with E-state index in [0.717, 1.165) is 0 Å². The molecule has 0 unspecified atom stereocenters. The van der Waals surface area contributed by atoms with E-state index in [4.69, 9.17) is 5.73 Å². The van der Waals surface area contributed by atoms with Gasteiger partial charge in [-0.2, -0.15) is 0 Å². The Hall–Kier alpha value is -2.11. The van der Waals surface area contributed by atoms with E-state index >= 15 is 0 Å². The van der Waals surface area contributed by atoms with Crippen LogP contribution in [-0.2, 0) is 4.79 Å². The molecule has 0 bridgehead atoms. The summed E-state index contributed by atoms with van der Waals surface area (Å²) < 4.78 is 13.1. The fourth-order valence-corrected chi connectivity index (χ4v) is 1.68. The second-order valence-corrected chi connectivity index (χ2v) is 4.15. The molecular formula is C12H16FN3O2. The highest BCUT2D eigenvalue weighted by atomic mass is 19.1. The van der Waals surface area contributed by atoms with Gasteiger partial charge in [-0.3, -0.25) is 4.79 Å². The van der Waals surface area contributed by atoms with Gasteiger partial charge < -0.3 is 15.5 Å². The Morgan fingerprint density at radius 3 is 2.33 bits per heavy atom. The zero-order chi connectivity index (χ0) is 13.9. The lowest BCUT2D eigenvalue weighted by atomic mass is 10.1. The van der Waals surface area contributed by atoms with Crippen molar-refractivity contribution in [3.8, 4) is 0 Å². The third kappa shape index (κ3) is 2.97. The Labute approximate surface area is 105 Å². The van der Waals surface area contributed by atoms with Crippen molar-refractivity contribution in [2.45, 2.75) is 6.04 Å².